The van der Waals surface area contributed by atoms with Gasteiger partial charge in [-0.25, -0.2) is 0 Å². The molecule has 7 nitrogen and oxygen atoms in total. The Hall–Kier alpha value is -2.58. The second-order valence-corrected chi connectivity index (χ2v) is 10.8. The first kappa shape index (κ1) is 24.1. The monoisotopic (exact) mass is 513 g/mol. The molecule has 2 aliphatic carbocycles. The quantitative estimate of drug-likeness (QED) is 0.235. The van der Waals surface area contributed by atoms with Crippen molar-refractivity contribution < 1.29 is 14.1 Å². The average Bonchev–Trinajstić information content (AvgIpc) is 3.44. The minimum atomic E-state index is -0.485. The topological polar surface area (TPSA) is 88.9 Å². The van der Waals surface area contributed by atoms with Gasteiger partial charge in [-0.05, 0) is 55.6 Å². The molecule has 3 aliphatic rings. The van der Waals surface area contributed by atoms with E-state index in [1.54, 1.807) is 24.3 Å². The van der Waals surface area contributed by atoms with E-state index < -0.39 is 4.92 Å². The van der Waals surface area contributed by atoms with Gasteiger partial charge in [0.05, 0.1) is 20.9 Å². The first-order chi connectivity index (χ1) is 17.0. The molecule has 184 valence electrons. The van der Waals surface area contributed by atoms with Gasteiger partial charge in [0.25, 0.3) is 11.6 Å². The third-order valence-corrected chi connectivity index (χ3v) is 8.28. The van der Waals surface area contributed by atoms with E-state index in [1.165, 1.54) is 49.6 Å². The average molecular weight is 514 g/mol. The van der Waals surface area contributed by atoms with Crippen molar-refractivity contribution in [2.45, 2.75) is 76.3 Å². The Morgan fingerprint density at radius 1 is 1.06 bits per heavy atom. The molecule has 2 saturated carbocycles. The zero-order valence-electron chi connectivity index (χ0n) is 19.5. The van der Waals surface area contributed by atoms with Crippen LogP contribution in [-0.4, -0.2) is 33.0 Å². The number of non-ortho nitro benzene ring substituents is 1. The van der Waals surface area contributed by atoms with E-state index in [-0.39, 0.29) is 22.7 Å². The minimum absolute atomic E-state index is 0.00257. The maximum absolute atomic E-state index is 13.5. The summed E-state index contributed by atoms with van der Waals surface area (Å²) >= 11 is 7.72. The van der Waals surface area contributed by atoms with Crippen molar-refractivity contribution in [2.24, 2.45) is 4.99 Å². The molecule has 3 fully saturated rings. The molecule has 35 heavy (non-hydrogen) atoms. The van der Waals surface area contributed by atoms with Gasteiger partial charge in [0, 0.05) is 29.8 Å². The molecular weight excluding hydrogens is 486 g/mol. The van der Waals surface area contributed by atoms with Gasteiger partial charge in [0.2, 0.25) is 0 Å². The molecule has 1 amide bonds. The standard InChI is InChI=1S/C26H28ClN3O4S/c27-22-15-19(30(32)33)11-13-21(22)23-14-12-20(34-23)16-24-25(31)29(18-9-5-2-6-10-18)26(35-24)28-17-7-3-1-4-8-17/h11-18H,1-10H2. The van der Waals surface area contributed by atoms with Crippen LogP contribution in [-0.2, 0) is 4.79 Å². The lowest BCUT2D eigenvalue weighted by Gasteiger charge is -2.31. The van der Waals surface area contributed by atoms with Crippen LogP contribution in [0.5, 0.6) is 0 Å². The molecule has 1 aromatic carbocycles. The number of amides is 1. The first-order valence-corrected chi connectivity index (χ1v) is 13.5. The molecule has 9 heteroatoms. The lowest BCUT2D eigenvalue weighted by atomic mass is 9.94. The predicted octanol–water partition coefficient (Wildman–Crippen LogP) is 7.45. The number of carbonyl (C=O) groups is 1. The maximum Gasteiger partial charge on any atom is 0.270 e. The Kier molecular flexibility index (Phi) is 7.29. The number of hydrogen-bond donors (Lipinski definition) is 0. The normalized spacial score (nSPS) is 22.4. The van der Waals surface area contributed by atoms with Crippen molar-refractivity contribution in [2.75, 3.05) is 0 Å². The largest absolute Gasteiger partial charge is 0.457 e. The number of furan rings is 1. The van der Waals surface area contributed by atoms with Crippen LogP contribution in [0.25, 0.3) is 17.4 Å². The summed E-state index contributed by atoms with van der Waals surface area (Å²) in [7, 11) is 0. The molecule has 2 aromatic rings. The number of nitrogens with zero attached hydrogens (tertiary/aromatic N) is 3. The minimum Gasteiger partial charge on any atom is -0.457 e. The Morgan fingerprint density at radius 2 is 1.77 bits per heavy atom. The number of amidine groups is 1. The van der Waals surface area contributed by atoms with Crippen molar-refractivity contribution in [3.8, 4) is 11.3 Å². The summed E-state index contributed by atoms with van der Waals surface area (Å²) < 4.78 is 5.97. The highest BCUT2D eigenvalue weighted by Crippen LogP contribution is 2.39. The predicted molar refractivity (Wildman–Crippen MR) is 139 cm³/mol. The van der Waals surface area contributed by atoms with E-state index in [2.05, 4.69) is 0 Å². The second-order valence-electron chi connectivity index (χ2n) is 9.40. The Balaban J connectivity index is 1.41. The SMILES string of the molecule is O=C1C(=Cc2ccc(-c3ccc([N+](=O)[O-])cc3Cl)o2)SC(=NC2CCCCC2)N1C1CCCCC1. The molecule has 0 radical (unpaired) electrons. The number of hydrogen-bond acceptors (Lipinski definition) is 6. The van der Waals surface area contributed by atoms with E-state index >= 15 is 0 Å². The second kappa shape index (κ2) is 10.6. The highest BCUT2D eigenvalue weighted by Gasteiger charge is 2.39. The van der Waals surface area contributed by atoms with Crippen molar-refractivity contribution >= 4 is 46.2 Å². The van der Waals surface area contributed by atoms with Crippen LogP contribution < -0.4 is 0 Å². The number of thioether (sulfide) groups is 1. The van der Waals surface area contributed by atoms with Crippen LogP contribution in [0.4, 0.5) is 5.69 Å². The molecule has 0 atom stereocenters. The van der Waals surface area contributed by atoms with Gasteiger partial charge in [0.1, 0.15) is 11.5 Å². The Morgan fingerprint density at radius 3 is 2.46 bits per heavy atom. The van der Waals surface area contributed by atoms with Crippen LogP contribution in [0.3, 0.4) is 0 Å². The number of halogens is 1. The molecule has 1 saturated heterocycles. The lowest BCUT2D eigenvalue weighted by Crippen LogP contribution is -2.41. The fraction of sp³-hybridized carbons (Fsp3) is 0.462. The van der Waals surface area contributed by atoms with Crippen LogP contribution in [0.2, 0.25) is 5.02 Å². The number of carbonyl (C=O) groups excluding carboxylic acids is 1. The molecule has 1 aromatic heterocycles. The molecular formula is C26H28ClN3O4S. The van der Waals surface area contributed by atoms with E-state index in [9.17, 15) is 14.9 Å². The van der Waals surface area contributed by atoms with Crippen molar-refractivity contribution in [3.05, 3.63) is 56.1 Å². The zero-order valence-corrected chi connectivity index (χ0v) is 21.0. The summed E-state index contributed by atoms with van der Waals surface area (Å²) in [4.78, 5) is 31.6. The smallest absolute Gasteiger partial charge is 0.270 e. The molecule has 5 rings (SSSR count). The van der Waals surface area contributed by atoms with Gasteiger partial charge in [-0.1, -0.05) is 50.1 Å². The fourth-order valence-electron chi connectivity index (χ4n) is 5.13. The molecule has 2 heterocycles. The molecule has 0 unspecified atom stereocenters. The number of nitro benzene ring substituents is 1. The van der Waals surface area contributed by atoms with Crippen LogP contribution in [0.1, 0.15) is 70.0 Å². The van der Waals surface area contributed by atoms with Crippen molar-refractivity contribution in [1.82, 2.24) is 4.90 Å². The lowest BCUT2D eigenvalue weighted by molar-refractivity contribution is -0.384. The zero-order chi connectivity index (χ0) is 24.4. The number of rotatable bonds is 5. The molecule has 0 bridgehead atoms. The molecule has 1 aliphatic heterocycles. The van der Waals surface area contributed by atoms with Gasteiger partial charge in [-0.2, -0.15) is 0 Å². The van der Waals surface area contributed by atoms with Gasteiger partial charge in [-0.3, -0.25) is 24.8 Å². The van der Waals surface area contributed by atoms with Crippen LogP contribution in [0.15, 0.2) is 44.6 Å². The van der Waals surface area contributed by atoms with Gasteiger partial charge in [-0.15, -0.1) is 0 Å². The van der Waals surface area contributed by atoms with Gasteiger partial charge in [0.15, 0.2) is 5.17 Å². The van der Waals surface area contributed by atoms with E-state index in [4.69, 9.17) is 21.0 Å². The number of benzene rings is 1. The van der Waals surface area contributed by atoms with Gasteiger partial charge >= 0.3 is 0 Å². The van der Waals surface area contributed by atoms with E-state index in [0.717, 1.165) is 43.7 Å². The first-order valence-electron chi connectivity index (χ1n) is 12.3. The molecule has 0 N–H and O–H groups in total. The summed E-state index contributed by atoms with van der Waals surface area (Å²) in [6, 6.07) is 8.34. The number of aliphatic imine (C=N–C) groups is 1. The van der Waals surface area contributed by atoms with Crippen LogP contribution >= 0.6 is 23.4 Å². The highest BCUT2D eigenvalue weighted by atomic mass is 35.5. The van der Waals surface area contributed by atoms with Crippen molar-refractivity contribution in [3.63, 3.8) is 0 Å². The highest BCUT2D eigenvalue weighted by molar-refractivity contribution is 8.18. The van der Waals surface area contributed by atoms with E-state index in [0.29, 0.717) is 28.0 Å². The fourth-order valence-corrected chi connectivity index (χ4v) is 6.48. The van der Waals surface area contributed by atoms with Gasteiger partial charge < -0.3 is 4.42 Å². The Bertz CT molecular complexity index is 1180. The molecule has 0 spiro atoms. The summed E-state index contributed by atoms with van der Waals surface area (Å²) in [5.74, 6) is 1.03. The van der Waals surface area contributed by atoms with Crippen LogP contribution in [0, 0.1) is 10.1 Å². The summed E-state index contributed by atoms with van der Waals surface area (Å²) in [6.07, 6.45) is 13.2. The Labute approximate surface area is 213 Å². The summed E-state index contributed by atoms with van der Waals surface area (Å²) in [5, 5.41) is 12.1. The van der Waals surface area contributed by atoms with Crippen molar-refractivity contribution in [1.29, 1.82) is 0 Å². The van der Waals surface area contributed by atoms with E-state index in [1.807, 2.05) is 4.90 Å². The number of nitro groups is 1. The maximum atomic E-state index is 13.5. The third kappa shape index (κ3) is 5.33. The summed E-state index contributed by atoms with van der Waals surface area (Å²) in [5.41, 5.74) is 0.490. The third-order valence-electron chi connectivity index (χ3n) is 6.97. The summed E-state index contributed by atoms with van der Waals surface area (Å²) in [6.45, 7) is 0.